The molecule has 0 fully saturated rings. The topological polar surface area (TPSA) is 52.0 Å². The molecule has 1 aromatic rings. The average Bonchev–Trinajstić information content (AvgIpc) is 2.59. The van der Waals surface area contributed by atoms with Crippen molar-refractivity contribution in [3.8, 4) is 0 Å². The van der Waals surface area contributed by atoms with Crippen molar-refractivity contribution < 1.29 is 0 Å². The summed E-state index contributed by atoms with van der Waals surface area (Å²) in [5.74, 6) is 0. The van der Waals surface area contributed by atoms with Gasteiger partial charge >= 0.3 is 0 Å². The lowest BCUT2D eigenvalue weighted by Gasteiger charge is -2.23. The van der Waals surface area contributed by atoms with Crippen molar-refractivity contribution in [2.75, 3.05) is 11.5 Å². The summed E-state index contributed by atoms with van der Waals surface area (Å²) in [7, 11) is 0. The van der Waals surface area contributed by atoms with E-state index in [2.05, 4.69) is 26.8 Å². The van der Waals surface area contributed by atoms with E-state index in [9.17, 15) is 0 Å². The van der Waals surface area contributed by atoms with Gasteiger partial charge in [0.25, 0.3) is 0 Å². The Kier molecular flexibility index (Phi) is 3.56. The maximum atomic E-state index is 6.41. The molecule has 18 heavy (non-hydrogen) atoms. The summed E-state index contributed by atoms with van der Waals surface area (Å²) in [6, 6.07) is 2.17. The van der Waals surface area contributed by atoms with Gasteiger partial charge in [0.2, 0.25) is 0 Å². The molecule has 0 atom stereocenters. The molecule has 100 valence electrons. The number of benzene rings is 1. The van der Waals surface area contributed by atoms with Crippen LogP contribution in [0.3, 0.4) is 0 Å². The zero-order valence-electron chi connectivity index (χ0n) is 12.0. The summed E-state index contributed by atoms with van der Waals surface area (Å²) in [5, 5.41) is 0. The predicted octanol–water partition coefficient (Wildman–Crippen LogP) is 3.81. The number of hydrogen-bond donors (Lipinski definition) is 2. The van der Waals surface area contributed by atoms with Crippen molar-refractivity contribution in [1.29, 1.82) is 0 Å². The number of nitrogen functional groups attached to an aromatic ring is 2. The van der Waals surface area contributed by atoms with Gasteiger partial charge in [-0.05, 0) is 53.9 Å². The van der Waals surface area contributed by atoms with E-state index in [4.69, 9.17) is 11.5 Å². The molecule has 0 saturated carbocycles. The first kappa shape index (κ1) is 13.3. The van der Waals surface area contributed by atoms with E-state index >= 15 is 0 Å². The van der Waals surface area contributed by atoms with Gasteiger partial charge in [0.1, 0.15) is 0 Å². The lowest BCUT2D eigenvalue weighted by atomic mass is 9.83. The lowest BCUT2D eigenvalue weighted by molar-refractivity contribution is 0.523. The zero-order chi connectivity index (χ0) is 13.3. The normalized spacial score (nSPS) is 16.8. The molecule has 0 saturated heterocycles. The van der Waals surface area contributed by atoms with Crippen LogP contribution in [-0.2, 0) is 18.3 Å². The van der Waals surface area contributed by atoms with Crippen molar-refractivity contribution >= 4 is 11.4 Å². The minimum absolute atomic E-state index is 0.215. The summed E-state index contributed by atoms with van der Waals surface area (Å²) in [6.45, 7) is 6.81. The van der Waals surface area contributed by atoms with Gasteiger partial charge in [-0.1, -0.05) is 33.6 Å². The molecule has 0 unspecified atom stereocenters. The van der Waals surface area contributed by atoms with Crippen LogP contribution in [0.5, 0.6) is 0 Å². The third-order valence-electron chi connectivity index (χ3n) is 4.32. The molecule has 1 aliphatic rings. The number of unbranched alkanes of at least 4 members (excludes halogenated alkanes) is 2. The highest BCUT2D eigenvalue weighted by Crippen LogP contribution is 2.44. The molecular weight excluding hydrogens is 220 g/mol. The monoisotopic (exact) mass is 246 g/mol. The molecule has 1 aromatic carbocycles. The van der Waals surface area contributed by atoms with Crippen LogP contribution in [0.15, 0.2) is 6.07 Å². The van der Waals surface area contributed by atoms with Crippen LogP contribution in [0, 0.1) is 0 Å². The van der Waals surface area contributed by atoms with E-state index in [0.29, 0.717) is 0 Å². The maximum absolute atomic E-state index is 6.41. The Balaban J connectivity index is 2.37. The predicted molar refractivity (Wildman–Crippen MR) is 79.8 cm³/mol. The Labute approximate surface area is 111 Å². The van der Waals surface area contributed by atoms with Crippen LogP contribution in [0.25, 0.3) is 0 Å². The van der Waals surface area contributed by atoms with Gasteiger partial charge in [-0.3, -0.25) is 0 Å². The van der Waals surface area contributed by atoms with Crippen LogP contribution in [0.2, 0.25) is 0 Å². The van der Waals surface area contributed by atoms with Gasteiger partial charge in [0, 0.05) is 11.4 Å². The minimum atomic E-state index is 0.215. The third kappa shape index (κ3) is 2.21. The van der Waals surface area contributed by atoms with Crippen molar-refractivity contribution in [2.24, 2.45) is 0 Å². The minimum Gasteiger partial charge on any atom is -0.398 e. The Morgan fingerprint density at radius 2 is 1.94 bits per heavy atom. The number of aryl methyl sites for hydroxylation is 1. The molecular formula is C16H26N2. The van der Waals surface area contributed by atoms with Crippen LogP contribution in [0.1, 0.15) is 63.1 Å². The molecule has 0 bridgehead atoms. The molecule has 0 radical (unpaired) electrons. The zero-order valence-corrected chi connectivity index (χ0v) is 12.0. The fourth-order valence-electron chi connectivity index (χ4n) is 3.23. The van der Waals surface area contributed by atoms with E-state index in [1.165, 1.54) is 42.4 Å². The second kappa shape index (κ2) is 4.83. The lowest BCUT2D eigenvalue weighted by Crippen LogP contribution is -2.16. The molecule has 2 heteroatoms. The van der Waals surface area contributed by atoms with Crippen molar-refractivity contribution in [2.45, 2.75) is 64.7 Å². The molecule has 0 amide bonds. The fourth-order valence-corrected chi connectivity index (χ4v) is 3.23. The Hall–Kier alpha value is -1.18. The van der Waals surface area contributed by atoms with Gasteiger partial charge in [-0.2, -0.15) is 0 Å². The molecule has 0 spiro atoms. The first-order valence-corrected chi connectivity index (χ1v) is 7.17. The number of anilines is 2. The average molecular weight is 246 g/mol. The van der Waals surface area contributed by atoms with Gasteiger partial charge in [-0.25, -0.2) is 0 Å². The summed E-state index contributed by atoms with van der Waals surface area (Å²) < 4.78 is 0. The number of hydrogen-bond acceptors (Lipinski definition) is 2. The highest BCUT2D eigenvalue weighted by molar-refractivity contribution is 5.71. The highest BCUT2D eigenvalue weighted by Gasteiger charge is 2.33. The third-order valence-corrected chi connectivity index (χ3v) is 4.32. The Morgan fingerprint density at radius 3 is 2.61 bits per heavy atom. The summed E-state index contributed by atoms with van der Waals surface area (Å²) in [5.41, 5.74) is 18.6. The summed E-state index contributed by atoms with van der Waals surface area (Å²) in [4.78, 5) is 0. The number of rotatable bonds is 4. The molecule has 1 aliphatic carbocycles. The Morgan fingerprint density at radius 1 is 1.22 bits per heavy atom. The van der Waals surface area contributed by atoms with Crippen LogP contribution in [0.4, 0.5) is 11.4 Å². The van der Waals surface area contributed by atoms with Gasteiger partial charge in [-0.15, -0.1) is 0 Å². The largest absolute Gasteiger partial charge is 0.398 e. The van der Waals surface area contributed by atoms with Crippen molar-refractivity contribution in [1.82, 2.24) is 0 Å². The van der Waals surface area contributed by atoms with Gasteiger partial charge in [0.15, 0.2) is 0 Å². The van der Waals surface area contributed by atoms with Gasteiger partial charge in [0.05, 0.1) is 0 Å². The van der Waals surface area contributed by atoms with E-state index in [-0.39, 0.29) is 5.41 Å². The standard InChI is InChI=1S/C16H26N2/c1-4-5-6-7-12-13(17)10-11-8-9-16(2,3)14(11)15(12)18/h10H,4-9,17-18H2,1-3H3. The second-order valence-electron chi connectivity index (χ2n) is 6.23. The quantitative estimate of drug-likeness (QED) is 0.627. The summed E-state index contributed by atoms with van der Waals surface area (Å²) in [6.07, 6.45) is 6.99. The van der Waals surface area contributed by atoms with E-state index in [0.717, 1.165) is 24.2 Å². The highest BCUT2D eigenvalue weighted by atomic mass is 14.7. The van der Waals surface area contributed by atoms with E-state index < -0.39 is 0 Å². The van der Waals surface area contributed by atoms with Crippen LogP contribution >= 0.6 is 0 Å². The number of nitrogens with two attached hydrogens (primary N) is 2. The second-order valence-corrected chi connectivity index (χ2v) is 6.23. The molecule has 2 nitrogen and oxygen atoms in total. The Bertz CT molecular complexity index is 447. The molecule has 2 rings (SSSR count). The first-order chi connectivity index (χ1) is 8.47. The van der Waals surface area contributed by atoms with Gasteiger partial charge < -0.3 is 11.5 Å². The molecule has 0 aliphatic heterocycles. The molecule has 0 aromatic heterocycles. The SMILES string of the molecule is CCCCCc1c(N)cc2c(c1N)C(C)(C)CC2. The van der Waals surface area contributed by atoms with Crippen molar-refractivity contribution in [3.63, 3.8) is 0 Å². The maximum Gasteiger partial charge on any atom is 0.0408 e. The first-order valence-electron chi connectivity index (χ1n) is 7.17. The smallest absolute Gasteiger partial charge is 0.0408 e. The van der Waals surface area contributed by atoms with Crippen molar-refractivity contribution in [3.05, 3.63) is 22.8 Å². The van der Waals surface area contributed by atoms with E-state index in [1.54, 1.807) is 0 Å². The summed E-state index contributed by atoms with van der Waals surface area (Å²) >= 11 is 0. The van der Waals surface area contributed by atoms with Crippen LogP contribution in [-0.4, -0.2) is 0 Å². The van der Waals surface area contributed by atoms with Crippen LogP contribution < -0.4 is 11.5 Å². The fraction of sp³-hybridized carbons (Fsp3) is 0.625. The number of fused-ring (bicyclic) bond motifs is 1. The molecule has 0 heterocycles. The van der Waals surface area contributed by atoms with E-state index in [1.807, 2.05) is 0 Å². The molecule has 4 N–H and O–H groups in total.